The molecular formula is C16H19ClF3N3. The van der Waals surface area contributed by atoms with E-state index >= 15 is 0 Å². The largest absolute Gasteiger partial charge is 0.416 e. The SMILES string of the molecule is FC(F)(F)c1ccc(C2CCN(CC3N=CCN3)C(Cl)C2)cc1. The molecule has 3 nitrogen and oxygen atoms in total. The molecule has 3 rings (SSSR count). The van der Waals surface area contributed by atoms with Crippen molar-refractivity contribution in [1.29, 1.82) is 0 Å². The minimum atomic E-state index is -4.29. The predicted octanol–water partition coefficient (Wildman–Crippen LogP) is 3.45. The van der Waals surface area contributed by atoms with Crippen molar-refractivity contribution in [3.63, 3.8) is 0 Å². The van der Waals surface area contributed by atoms with Crippen molar-refractivity contribution in [2.75, 3.05) is 19.6 Å². The highest BCUT2D eigenvalue weighted by Gasteiger charge is 2.32. The number of hydrogen-bond donors (Lipinski definition) is 1. The first-order chi connectivity index (χ1) is 10.9. The molecule has 23 heavy (non-hydrogen) atoms. The van der Waals surface area contributed by atoms with Crippen LogP contribution in [0.15, 0.2) is 29.3 Å². The Balaban J connectivity index is 1.59. The number of benzene rings is 1. The molecule has 1 aromatic rings. The summed E-state index contributed by atoms with van der Waals surface area (Å²) in [5.41, 5.74) is 0.209. The first kappa shape index (κ1) is 16.7. The second-order valence-electron chi connectivity index (χ2n) is 6.03. The van der Waals surface area contributed by atoms with Gasteiger partial charge >= 0.3 is 6.18 Å². The van der Waals surface area contributed by atoms with Crippen molar-refractivity contribution in [1.82, 2.24) is 10.2 Å². The number of hydrogen-bond acceptors (Lipinski definition) is 3. The number of halogens is 4. The Bertz CT molecular complexity index is 559. The zero-order valence-electron chi connectivity index (χ0n) is 12.6. The van der Waals surface area contributed by atoms with Gasteiger partial charge in [0, 0.05) is 25.8 Å². The lowest BCUT2D eigenvalue weighted by atomic mass is 9.88. The summed E-state index contributed by atoms with van der Waals surface area (Å²) >= 11 is 6.48. The van der Waals surface area contributed by atoms with Gasteiger partial charge in [-0.15, -0.1) is 11.6 Å². The first-order valence-electron chi connectivity index (χ1n) is 7.74. The van der Waals surface area contributed by atoms with Crippen molar-refractivity contribution in [3.05, 3.63) is 35.4 Å². The molecule has 2 heterocycles. The monoisotopic (exact) mass is 345 g/mol. The van der Waals surface area contributed by atoms with E-state index in [9.17, 15) is 13.2 Å². The van der Waals surface area contributed by atoms with Crippen LogP contribution in [-0.4, -0.2) is 42.4 Å². The van der Waals surface area contributed by atoms with E-state index in [0.717, 1.165) is 50.2 Å². The molecule has 0 amide bonds. The zero-order valence-corrected chi connectivity index (χ0v) is 13.3. The summed E-state index contributed by atoms with van der Waals surface area (Å²) < 4.78 is 37.9. The van der Waals surface area contributed by atoms with E-state index in [0.29, 0.717) is 0 Å². The van der Waals surface area contributed by atoms with Crippen molar-refractivity contribution in [2.24, 2.45) is 4.99 Å². The lowest BCUT2D eigenvalue weighted by Crippen LogP contribution is -2.45. The number of aliphatic imine (C=N–C) groups is 1. The molecule has 0 saturated carbocycles. The highest BCUT2D eigenvalue weighted by atomic mass is 35.5. The molecule has 0 bridgehead atoms. The smallest absolute Gasteiger partial charge is 0.290 e. The fraction of sp³-hybridized carbons (Fsp3) is 0.562. The maximum atomic E-state index is 12.6. The molecule has 126 valence electrons. The van der Waals surface area contributed by atoms with Crippen molar-refractivity contribution in [3.8, 4) is 0 Å². The summed E-state index contributed by atoms with van der Waals surface area (Å²) in [4.78, 5) is 6.51. The third-order valence-corrected chi connectivity index (χ3v) is 4.94. The standard InChI is InChI=1S/C16H19ClF3N3/c17-14-9-12(5-8-23(14)10-15-21-6-7-22-15)11-1-3-13(4-2-11)16(18,19)20/h1-4,6,12,14-15,22H,5,7-10H2. The van der Waals surface area contributed by atoms with Crippen LogP contribution in [0, 0.1) is 0 Å². The summed E-state index contributed by atoms with van der Waals surface area (Å²) in [5.74, 6) is 0.205. The molecule has 1 N–H and O–H groups in total. The average Bonchev–Trinajstić information content (AvgIpc) is 3.02. The summed E-state index contributed by atoms with van der Waals surface area (Å²) in [6.45, 7) is 2.39. The molecule has 0 aliphatic carbocycles. The fourth-order valence-electron chi connectivity index (χ4n) is 3.17. The molecule has 0 aromatic heterocycles. The quantitative estimate of drug-likeness (QED) is 0.671. The van der Waals surface area contributed by atoms with Crippen LogP contribution >= 0.6 is 11.6 Å². The minimum absolute atomic E-state index is 0.0962. The van der Waals surface area contributed by atoms with Crippen molar-refractivity contribution >= 4 is 17.8 Å². The Hall–Kier alpha value is -1.11. The van der Waals surface area contributed by atoms with Gasteiger partial charge in [0.2, 0.25) is 0 Å². The fourth-order valence-corrected chi connectivity index (χ4v) is 3.56. The number of nitrogens with zero attached hydrogens (tertiary/aromatic N) is 2. The van der Waals surface area contributed by atoms with Gasteiger partial charge in [-0.25, -0.2) is 0 Å². The molecule has 0 radical (unpaired) electrons. The van der Waals surface area contributed by atoms with E-state index in [-0.39, 0.29) is 17.6 Å². The number of likely N-dealkylation sites (tertiary alicyclic amines) is 1. The second-order valence-corrected chi connectivity index (χ2v) is 6.53. The number of nitrogens with one attached hydrogen (secondary N) is 1. The van der Waals surface area contributed by atoms with Gasteiger partial charge in [-0.2, -0.15) is 13.2 Å². The summed E-state index contributed by atoms with van der Waals surface area (Å²) in [6.07, 6.45) is -0.693. The molecule has 3 atom stereocenters. The highest BCUT2D eigenvalue weighted by Crippen LogP contribution is 2.35. The number of piperidine rings is 1. The molecule has 3 unspecified atom stereocenters. The third kappa shape index (κ3) is 4.05. The van der Waals surface area contributed by atoms with Gasteiger partial charge in [0.1, 0.15) is 6.17 Å². The van der Waals surface area contributed by atoms with Gasteiger partial charge in [0.15, 0.2) is 0 Å². The lowest BCUT2D eigenvalue weighted by Gasteiger charge is -2.37. The average molecular weight is 346 g/mol. The Morgan fingerprint density at radius 2 is 2.00 bits per heavy atom. The van der Waals surface area contributed by atoms with Gasteiger partial charge in [0.05, 0.1) is 11.1 Å². The van der Waals surface area contributed by atoms with E-state index in [1.807, 2.05) is 6.21 Å². The number of alkyl halides is 4. The lowest BCUT2D eigenvalue weighted by molar-refractivity contribution is -0.137. The molecule has 2 aliphatic rings. The number of rotatable bonds is 3. The first-order valence-corrected chi connectivity index (χ1v) is 8.17. The van der Waals surface area contributed by atoms with Crippen molar-refractivity contribution in [2.45, 2.75) is 36.6 Å². The predicted molar refractivity (Wildman–Crippen MR) is 84.9 cm³/mol. The topological polar surface area (TPSA) is 27.6 Å². The maximum absolute atomic E-state index is 12.6. The Kier molecular flexibility index (Phi) is 4.94. The van der Waals surface area contributed by atoms with Crippen LogP contribution in [0.2, 0.25) is 0 Å². The van der Waals surface area contributed by atoms with Crippen molar-refractivity contribution < 1.29 is 13.2 Å². The van der Waals surface area contributed by atoms with Gasteiger partial charge in [-0.1, -0.05) is 12.1 Å². The van der Waals surface area contributed by atoms with E-state index in [2.05, 4.69) is 15.2 Å². The Morgan fingerprint density at radius 3 is 2.57 bits per heavy atom. The van der Waals surface area contributed by atoms with Crippen LogP contribution < -0.4 is 5.32 Å². The zero-order chi connectivity index (χ0) is 16.4. The summed E-state index contributed by atoms with van der Waals surface area (Å²) in [7, 11) is 0. The molecule has 1 aromatic carbocycles. The molecule has 2 aliphatic heterocycles. The maximum Gasteiger partial charge on any atom is 0.416 e. The Morgan fingerprint density at radius 1 is 1.26 bits per heavy atom. The molecular weight excluding hydrogens is 327 g/mol. The molecule has 0 spiro atoms. The van der Waals surface area contributed by atoms with Gasteiger partial charge in [-0.05, 0) is 36.5 Å². The normalized spacial score (nSPS) is 29.1. The summed E-state index contributed by atoms with van der Waals surface area (Å²) in [6, 6.07) is 5.47. The molecule has 1 saturated heterocycles. The van der Waals surface area contributed by atoms with Crippen LogP contribution in [-0.2, 0) is 6.18 Å². The van der Waals surface area contributed by atoms with Crippen LogP contribution in [0.4, 0.5) is 13.2 Å². The van der Waals surface area contributed by atoms with Crippen LogP contribution in [0.3, 0.4) is 0 Å². The van der Waals surface area contributed by atoms with E-state index in [1.165, 1.54) is 0 Å². The van der Waals surface area contributed by atoms with Gasteiger partial charge in [0.25, 0.3) is 0 Å². The Labute approximate surface area is 138 Å². The minimum Gasteiger partial charge on any atom is -0.290 e. The van der Waals surface area contributed by atoms with Crippen LogP contribution in [0.5, 0.6) is 0 Å². The van der Waals surface area contributed by atoms with E-state index in [1.54, 1.807) is 12.1 Å². The summed E-state index contributed by atoms with van der Waals surface area (Å²) in [5, 5.41) is 3.26. The highest BCUT2D eigenvalue weighted by molar-refractivity contribution is 6.20. The molecule has 7 heteroatoms. The van der Waals surface area contributed by atoms with Crippen LogP contribution in [0.25, 0.3) is 0 Å². The molecule has 1 fully saturated rings. The third-order valence-electron chi connectivity index (χ3n) is 4.49. The van der Waals surface area contributed by atoms with E-state index in [4.69, 9.17) is 11.6 Å². The van der Waals surface area contributed by atoms with E-state index < -0.39 is 11.7 Å². The second kappa shape index (κ2) is 6.79. The van der Waals surface area contributed by atoms with Crippen LogP contribution in [0.1, 0.15) is 29.9 Å². The van der Waals surface area contributed by atoms with Gasteiger partial charge < -0.3 is 0 Å². The van der Waals surface area contributed by atoms with Gasteiger partial charge in [-0.3, -0.25) is 15.2 Å².